The fourth-order valence-corrected chi connectivity index (χ4v) is 29.2. The summed E-state index contributed by atoms with van der Waals surface area (Å²) in [5.74, 6) is 0.949. The molecule has 18 fully saturated rings. The first kappa shape index (κ1) is 103. The predicted molar refractivity (Wildman–Crippen MR) is 523 cm³/mol. The number of hydrogen-bond acceptors (Lipinski definition) is 26. The molecule has 10 aliphatic carbocycles. The molecule has 0 radical (unpaired) electrons. The van der Waals surface area contributed by atoms with Gasteiger partial charge >= 0.3 is 41.8 Å². The van der Waals surface area contributed by atoms with Gasteiger partial charge in [-0.1, -0.05) is 121 Å². The predicted octanol–water partition coefficient (Wildman–Crippen LogP) is 16.5. The van der Waals surface area contributed by atoms with Crippen LogP contribution < -0.4 is 0 Å². The van der Waals surface area contributed by atoms with E-state index in [2.05, 4.69) is 142 Å². The smallest absolute Gasteiger partial charge is 0.334 e. The number of epoxide rings is 6. The minimum Gasteiger partial charge on any atom is -0.459 e. The van der Waals surface area contributed by atoms with E-state index in [9.17, 15) is 48.3 Å². The highest BCUT2D eigenvalue weighted by molar-refractivity contribution is 6.03. The molecule has 3 unspecified atom stereocenters. The van der Waals surface area contributed by atoms with Crippen LogP contribution in [0.5, 0.6) is 0 Å². The number of carbonyl (C=O) groups is 9. The third-order valence-electron chi connectivity index (χ3n) is 39.4. The molecule has 26 nitrogen and oxygen atoms in total. The molecule has 0 aromatic rings. The summed E-state index contributed by atoms with van der Waals surface area (Å²) in [6.07, 6.45) is 41.6. The van der Waals surface area contributed by atoms with Crippen LogP contribution in [0.3, 0.4) is 0 Å². The third kappa shape index (κ3) is 19.0. The van der Waals surface area contributed by atoms with E-state index in [-0.39, 0.29) is 236 Å². The van der Waals surface area contributed by atoms with Gasteiger partial charge in [-0.15, -0.1) is 0 Å². The lowest BCUT2D eigenvalue weighted by Crippen LogP contribution is -2.58. The molecule has 14 saturated heterocycles. The topological polar surface area (TPSA) is 323 Å². The fourth-order valence-electron chi connectivity index (χ4n) is 29.2. The lowest BCUT2D eigenvalue weighted by atomic mass is 9.53. The number of esters is 7. The summed E-state index contributed by atoms with van der Waals surface area (Å²) >= 11 is 0. The van der Waals surface area contributed by atoms with Crippen LogP contribution in [0.2, 0.25) is 0 Å². The Morgan fingerprint density at radius 3 is 1.43 bits per heavy atom. The van der Waals surface area contributed by atoms with E-state index in [0.717, 1.165) is 211 Å². The van der Waals surface area contributed by atoms with Gasteiger partial charge in [0.15, 0.2) is 22.8 Å². The zero-order valence-electron chi connectivity index (χ0n) is 87.3. The number of ether oxygens (including phenoxy) is 13. The number of fused-ring (bicyclic) bond motifs is 20. The summed E-state index contributed by atoms with van der Waals surface area (Å²) in [6, 6.07) is 0. The van der Waals surface area contributed by atoms with Gasteiger partial charge in [-0.3, -0.25) is 38.4 Å². The van der Waals surface area contributed by atoms with E-state index in [1.165, 1.54) is 35.1 Å². The maximum Gasteiger partial charge on any atom is 0.334 e. The van der Waals surface area contributed by atoms with Crippen LogP contribution in [0.1, 0.15) is 291 Å². The standard InChI is InChI=1S/C19H29NO3.C19H31NO3.C17H27NO3.C15H18O4.C15H22O3.C15H20O3.C14H16O4/c1-13-6-5-9-19(2)17(23-19)16-14(8-7-13)15(18(21)22-16)12-20-10-3-4-11-20;1-5-20(6-2)12-15-14-10-9-13(3)8-7-11-19(4)17(23-19)16(14)22-18(15)21;1-11-6-5-9-17(2)15(21-17)14-12(8-7-11)13(10-18(3)4)16(19)20-14;1-8-9-4-6-13(2)7-5-10(16)14(3)15(13,19-14)11(9)18-12(8)17;1-9-5-4-8-15(3)13(18-15)12-11(7-6-9)10(2)14(16)17-12;1-9-5-4-6-14(3)8-12-11(7-15(9,14)17)10(2)13(16)18-12;1-6-7-3-4-14(2)8(10(7)18-13(6)16)5-9(15)11-12(14)17-11/h6,14-17H,3-5,7-12H2,1-2H3;8,14-17H,5-7,9-12H2,1-4H3;6,12-15H,5,7-10H2,1-4H3;5,7-9,11H,4,6H2,1-3H3;5,10-13H,4,6-8H2,1-3H3;11-12,17H,1-2,4-8H2,3H3;5-7,10-12H,3-4H2,1-2H3/b13-6+;13-8+;11-6+;;9-5+;;/t2*14-,15-,16-,17-,19+;12-,13-,14-,15-,17+;8-,9-,11-,13-,14+,15-;10?,11-,12-,13+,15+;11-,12-,14-,15-;6-,7-,10-,11?,12?,14+/m0000010/s1. The van der Waals surface area contributed by atoms with Crippen molar-refractivity contribution < 1.29 is 110 Å². The van der Waals surface area contributed by atoms with Crippen molar-refractivity contribution >= 4 is 53.4 Å². The fraction of sp³-hybridized carbons (Fsp3) is 0.781. The second-order valence-corrected chi connectivity index (χ2v) is 49.0. The van der Waals surface area contributed by atoms with Gasteiger partial charge in [0.2, 0.25) is 0 Å². The summed E-state index contributed by atoms with van der Waals surface area (Å²) in [5, 5.41) is 11.1. The number of carbonyl (C=O) groups excluding carboxylic acids is 9. The SMILES string of the molecule is C/C1=C\CC[C@@]2(C)O[C@@H]2[C@H]2OC(=O)C(C)[C@@H]2CC1.C/C1=C\CC[C@@]2(C)O[C@H]2[C@H]2OC(=O)[C@@H](CN(C)C)[C@@H]2CC1.C/C1=C\CC[C@@]2(C)O[C@H]2[C@H]2OC(=O)[C@@H](CN3CCCC3)[C@@H]2CC1.C=C1C(=O)O[C@@H]2C[C@@]3(C)CCCC(=C)[C@]3(O)C[C@H]12.CCN(CC)C[C@@H]1C(=O)O[C@H]2[C@H]1CC/C(C)=C/CC[C@@]1(C)O[C@@H]21.C[C@@H]1C(=O)O[C@@H]2C3=CC(=O)C4OC4[C@]3(C)CC[C@@H]12.C[C@@H]1C(=O)O[C@H]2[C@H]1CC[C@@]1(C)C=CC(=O)[C@@]3(C)O[C@@]213. The molecule has 14 aliphatic heterocycles. The molecule has 24 aliphatic rings. The Labute approximate surface area is 830 Å². The maximum absolute atomic E-state index is 12.6. The van der Waals surface area contributed by atoms with Crippen LogP contribution in [0.4, 0.5) is 0 Å². The molecule has 4 saturated carbocycles. The van der Waals surface area contributed by atoms with Gasteiger partial charge in [0.1, 0.15) is 79.4 Å². The number of likely N-dealkylation sites (tertiary alicyclic amines) is 1. The number of rotatable bonds is 8. The van der Waals surface area contributed by atoms with Crippen molar-refractivity contribution in [2.75, 3.05) is 59.9 Å². The summed E-state index contributed by atoms with van der Waals surface area (Å²) in [4.78, 5) is 115. The summed E-state index contributed by atoms with van der Waals surface area (Å²) < 4.78 is 75.0. The first-order chi connectivity index (χ1) is 66.2. The van der Waals surface area contributed by atoms with E-state index in [1.807, 2.05) is 47.9 Å². The molecule has 36 atom stereocenters. The largest absolute Gasteiger partial charge is 0.459 e. The molecular formula is C114H163N3O23. The van der Waals surface area contributed by atoms with Crippen molar-refractivity contribution in [3.8, 4) is 0 Å². The van der Waals surface area contributed by atoms with Crippen molar-refractivity contribution in [1.82, 2.24) is 14.7 Å². The summed E-state index contributed by atoms with van der Waals surface area (Å²) in [7, 11) is 4.04. The Kier molecular flexibility index (Phi) is 28.6. The lowest BCUT2D eigenvalue weighted by molar-refractivity contribution is -0.155. The molecule has 26 heteroatoms. The Bertz CT molecular complexity index is 4980. The van der Waals surface area contributed by atoms with Crippen molar-refractivity contribution in [1.29, 1.82) is 0 Å². The van der Waals surface area contributed by atoms with Crippen molar-refractivity contribution in [2.45, 2.75) is 410 Å². The number of aliphatic hydroxyl groups is 1. The van der Waals surface area contributed by atoms with Gasteiger partial charge < -0.3 is 81.4 Å². The minimum absolute atomic E-state index is 0.000534. The van der Waals surface area contributed by atoms with Crippen LogP contribution in [-0.2, 0) is 105 Å². The zero-order chi connectivity index (χ0) is 100. The van der Waals surface area contributed by atoms with Gasteiger partial charge in [-0.2, -0.15) is 0 Å². The van der Waals surface area contributed by atoms with Crippen LogP contribution in [0, 0.1) is 93.2 Å². The third-order valence-corrected chi connectivity index (χ3v) is 39.4. The van der Waals surface area contributed by atoms with E-state index >= 15 is 0 Å². The van der Waals surface area contributed by atoms with Crippen molar-refractivity contribution in [3.63, 3.8) is 0 Å². The Morgan fingerprint density at radius 2 is 0.914 bits per heavy atom. The minimum atomic E-state index is -0.858. The number of nitrogens with zero attached hydrogens (tertiary/aromatic N) is 3. The molecular weight excluding hydrogens is 1780 g/mol. The molecule has 0 aromatic carbocycles. The Hall–Kier alpha value is -6.85. The van der Waals surface area contributed by atoms with Crippen LogP contribution in [0.25, 0.3) is 0 Å². The number of hydrogen-bond donors (Lipinski definition) is 1. The Balaban J connectivity index is 0.000000108. The van der Waals surface area contributed by atoms with Crippen LogP contribution in [-0.4, -0.2) is 252 Å². The summed E-state index contributed by atoms with van der Waals surface area (Å²) in [5.41, 5.74) is 5.03. The highest BCUT2D eigenvalue weighted by atomic mass is 16.7. The average Bonchev–Trinajstić information content (AvgIpc) is 1.47. The second kappa shape index (κ2) is 38.8. The first-order valence-electron chi connectivity index (χ1n) is 54.0. The monoisotopic (exact) mass is 1940 g/mol. The lowest BCUT2D eigenvalue weighted by Gasteiger charge is -2.55. The normalized spacial score (nSPS) is 48.8. The van der Waals surface area contributed by atoms with Crippen molar-refractivity contribution in [3.05, 3.63) is 94.7 Å². The first-order valence-corrected chi connectivity index (χ1v) is 54.0. The number of allylic oxidation sites excluding steroid dienone is 8. The van der Waals surface area contributed by atoms with Crippen LogP contribution in [0.15, 0.2) is 94.7 Å². The summed E-state index contributed by atoms with van der Waals surface area (Å²) in [6.45, 7) is 50.4. The molecule has 14 heterocycles. The maximum atomic E-state index is 12.6. The highest BCUT2D eigenvalue weighted by Gasteiger charge is 2.86. The Morgan fingerprint density at radius 1 is 0.464 bits per heavy atom. The van der Waals surface area contributed by atoms with Gasteiger partial charge in [0.05, 0.1) is 63.5 Å². The molecule has 1 spiro atoms. The van der Waals surface area contributed by atoms with E-state index in [0.29, 0.717) is 23.8 Å². The molecule has 140 heavy (non-hydrogen) atoms. The highest BCUT2D eigenvalue weighted by Crippen LogP contribution is 2.71. The van der Waals surface area contributed by atoms with Gasteiger partial charge in [0.25, 0.3) is 0 Å². The zero-order valence-corrected chi connectivity index (χ0v) is 87.3. The molecule has 0 aromatic heterocycles. The molecule has 0 amide bonds. The average molecular weight is 1940 g/mol. The quantitative estimate of drug-likeness (QED) is 0.0775. The van der Waals surface area contributed by atoms with Gasteiger partial charge in [-0.25, -0.2) is 4.79 Å². The van der Waals surface area contributed by atoms with E-state index in [4.69, 9.17) is 61.6 Å². The molecule has 772 valence electrons. The molecule has 0 bridgehead atoms. The molecule has 24 rings (SSSR count). The van der Waals surface area contributed by atoms with Gasteiger partial charge in [-0.05, 0) is 299 Å². The van der Waals surface area contributed by atoms with Crippen molar-refractivity contribution in [2.24, 2.45) is 93.2 Å². The van der Waals surface area contributed by atoms with E-state index in [1.54, 1.807) is 12.2 Å². The second-order valence-electron chi connectivity index (χ2n) is 49.0. The van der Waals surface area contributed by atoms with Crippen LogP contribution >= 0.6 is 0 Å². The van der Waals surface area contributed by atoms with E-state index < -0.39 is 16.8 Å². The van der Waals surface area contributed by atoms with Gasteiger partial charge in [0, 0.05) is 82.9 Å². The number of ketones is 2. The molecule has 1 N–H and O–H groups in total.